The Balaban J connectivity index is 1.30. The van der Waals surface area contributed by atoms with Crippen LogP contribution in [0, 0.1) is 0 Å². The number of amides is 1. The van der Waals surface area contributed by atoms with Crippen LogP contribution in [-0.4, -0.2) is 33.4 Å². The van der Waals surface area contributed by atoms with Gasteiger partial charge in [0.15, 0.2) is 0 Å². The van der Waals surface area contributed by atoms with Gasteiger partial charge in [-0.2, -0.15) is 5.10 Å². The number of phenols is 1. The van der Waals surface area contributed by atoms with Gasteiger partial charge in [0.25, 0.3) is 0 Å². The van der Waals surface area contributed by atoms with Crippen LogP contribution in [0.3, 0.4) is 0 Å². The predicted octanol–water partition coefficient (Wildman–Crippen LogP) is 3.94. The van der Waals surface area contributed by atoms with Gasteiger partial charge in [-0.05, 0) is 42.2 Å². The largest absolute Gasteiger partial charge is 0.508 e. The van der Waals surface area contributed by atoms with Crippen LogP contribution in [0.15, 0.2) is 84.9 Å². The first kappa shape index (κ1) is 20.0. The highest BCUT2D eigenvalue weighted by molar-refractivity contribution is 5.92. The molecule has 0 fully saturated rings. The molecule has 0 radical (unpaired) electrons. The van der Waals surface area contributed by atoms with E-state index in [1.165, 1.54) is 0 Å². The van der Waals surface area contributed by atoms with E-state index < -0.39 is 0 Å². The van der Waals surface area contributed by atoms with Gasteiger partial charge >= 0.3 is 0 Å². The number of anilines is 1. The molecule has 1 heterocycles. The Bertz CT molecular complexity index is 1240. The van der Waals surface area contributed by atoms with Crippen LogP contribution < -0.4 is 10.6 Å². The lowest BCUT2D eigenvalue weighted by Crippen LogP contribution is -2.36. The fourth-order valence-electron chi connectivity index (χ4n) is 4.19. The normalized spacial score (nSPS) is 14.8. The maximum Gasteiger partial charge on any atom is 0.239 e. The van der Waals surface area contributed by atoms with Gasteiger partial charge in [-0.3, -0.25) is 4.79 Å². The molecular formula is C26H24N4O2. The Labute approximate surface area is 186 Å². The fourth-order valence-corrected chi connectivity index (χ4v) is 4.19. The SMILES string of the molecule is O=C(CNC1Cc2cccc(O)c2C1)Nc1cc(-c2ccccc2)nn1-c1ccccc1. The highest BCUT2D eigenvalue weighted by Crippen LogP contribution is 2.29. The summed E-state index contributed by atoms with van der Waals surface area (Å²) in [6.07, 6.45) is 1.52. The second-order valence-corrected chi connectivity index (χ2v) is 7.98. The van der Waals surface area contributed by atoms with Crippen molar-refractivity contribution >= 4 is 11.7 Å². The first-order chi connectivity index (χ1) is 15.7. The Morgan fingerprint density at radius 2 is 1.72 bits per heavy atom. The molecule has 1 aliphatic carbocycles. The zero-order valence-electron chi connectivity index (χ0n) is 17.5. The number of nitrogens with zero attached hydrogens (tertiary/aromatic N) is 2. The number of nitrogens with one attached hydrogen (secondary N) is 2. The van der Waals surface area contributed by atoms with Crippen molar-refractivity contribution in [1.29, 1.82) is 0 Å². The molecule has 1 aliphatic rings. The number of carbonyl (C=O) groups excluding carboxylic acids is 1. The minimum atomic E-state index is -0.137. The molecule has 160 valence electrons. The molecule has 1 atom stereocenters. The number of carbonyl (C=O) groups is 1. The van der Waals surface area contributed by atoms with Crippen molar-refractivity contribution in [2.75, 3.05) is 11.9 Å². The topological polar surface area (TPSA) is 79.2 Å². The van der Waals surface area contributed by atoms with E-state index in [-0.39, 0.29) is 18.5 Å². The molecule has 6 nitrogen and oxygen atoms in total. The second kappa shape index (κ2) is 8.69. The van der Waals surface area contributed by atoms with Crippen molar-refractivity contribution in [3.8, 4) is 22.7 Å². The number of hydrogen-bond donors (Lipinski definition) is 3. The van der Waals surface area contributed by atoms with E-state index in [0.717, 1.165) is 40.9 Å². The lowest BCUT2D eigenvalue weighted by molar-refractivity contribution is -0.115. The molecule has 32 heavy (non-hydrogen) atoms. The average Bonchev–Trinajstić information content (AvgIpc) is 3.44. The van der Waals surface area contributed by atoms with E-state index >= 15 is 0 Å². The van der Waals surface area contributed by atoms with Crippen molar-refractivity contribution in [3.05, 3.63) is 96.1 Å². The van der Waals surface area contributed by atoms with E-state index in [0.29, 0.717) is 11.6 Å². The predicted molar refractivity (Wildman–Crippen MR) is 125 cm³/mol. The van der Waals surface area contributed by atoms with E-state index in [2.05, 4.69) is 10.6 Å². The van der Waals surface area contributed by atoms with Gasteiger partial charge in [-0.15, -0.1) is 0 Å². The molecule has 0 saturated heterocycles. The number of aromatic nitrogens is 2. The van der Waals surface area contributed by atoms with Crippen LogP contribution in [0.4, 0.5) is 5.82 Å². The summed E-state index contributed by atoms with van der Waals surface area (Å²) in [5.74, 6) is 0.813. The Morgan fingerprint density at radius 1 is 0.969 bits per heavy atom. The lowest BCUT2D eigenvalue weighted by atomic mass is 10.1. The van der Waals surface area contributed by atoms with Gasteiger partial charge in [0, 0.05) is 17.7 Å². The number of hydrogen-bond acceptors (Lipinski definition) is 4. The molecule has 0 spiro atoms. The van der Waals surface area contributed by atoms with E-state index in [9.17, 15) is 9.90 Å². The average molecular weight is 425 g/mol. The lowest BCUT2D eigenvalue weighted by Gasteiger charge is -2.13. The summed E-state index contributed by atoms with van der Waals surface area (Å²) < 4.78 is 1.75. The maximum atomic E-state index is 12.8. The van der Waals surface area contributed by atoms with Crippen molar-refractivity contribution < 1.29 is 9.90 Å². The summed E-state index contributed by atoms with van der Waals surface area (Å²) in [4.78, 5) is 12.8. The summed E-state index contributed by atoms with van der Waals surface area (Å²) in [6, 6.07) is 27.3. The molecule has 0 bridgehead atoms. The Morgan fingerprint density at radius 3 is 2.47 bits per heavy atom. The third-order valence-corrected chi connectivity index (χ3v) is 5.76. The summed E-state index contributed by atoms with van der Waals surface area (Å²) in [5.41, 5.74) is 4.76. The zero-order valence-corrected chi connectivity index (χ0v) is 17.5. The molecule has 4 aromatic rings. The second-order valence-electron chi connectivity index (χ2n) is 7.98. The van der Waals surface area contributed by atoms with Crippen LogP contribution in [0.1, 0.15) is 11.1 Å². The molecule has 1 aromatic heterocycles. The number of phenolic OH excluding ortho intramolecular Hbond substituents is 1. The summed E-state index contributed by atoms with van der Waals surface area (Å²) >= 11 is 0. The molecule has 3 aromatic carbocycles. The van der Waals surface area contributed by atoms with Crippen LogP contribution in [0.25, 0.3) is 16.9 Å². The number of rotatable bonds is 6. The summed E-state index contributed by atoms with van der Waals surface area (Å²) in [6.45, 7) is 0.181. The van der Waals surface area contributed by atoms with Gasteiger partial charge < -0.3 is 15.7 Å². The van der Waals surface area contributed by atoms with Crippen molar-refractivity contribution in [2.24, 2.45) is 0 Å². The molecule has 1 amide bonds. The third kappa shape index (κ3) is 4.13. The van der Waals surface area contributed by atoms with Crippen LogP contribution in [-0.2, 0) is 17.6 Å². The van der Waals surface area contributed by atoms with Gasteiger partial charge in [-0.1, -0.05) is 60.7 Å². The van der Waals surface area contributed by atoms with E-state index in [1.54, 1.807) is 10.7 Å². The number of aromatic hydroxyl groups is 1. The van der Waals surface area contributed by atoms with Crippen LogP contribution in [0.5, 0.6) is 5.75 Å². The molecule has 1 unspecified atom stereocenters. The van der Waals surface area contributed by atoms with Crippen molar-refractivity contribution in [3.63, 3.8) is 0 Å². The van der Waals surface area contributed by atoms with Crippen molar-refractivity contribution in [1.82, 2.24) is 15.1 Å². The number of para-hydroxylation sites is 1. The van der Waals surface area contributed by atoms with Gasteiger partial charge in [0.05, 0.1) is 17.9 Å². The molecule has 0 saturated carbocycles. The highest BCUT2D eigenvalue weighted by atomic mass is 16.3. The first-order valence-electron chi connectivity index (χ1n) is 10.7. The monoisotopic (exact) mass is 424 g/mol. The van der Waals surface area contributed by atoms with Gasteiger partial charge in [-0.25, -0.2) is 4.68 Å². The third-order valence-electron chi connectivity index (χ3n) is 5.76. The number of fused-ring (bicyclic) bond motifs is 1. The standard InChI is InChI=1S/C26H24N4O2/c31-24-13-7-10-19-14-20(15-22(19)24)27-17-26(32)28-25-16-23(18-8-3-1-4-9-18)29-30(25)21-11-5-2-6-12-21/h1-13,16,20,27,31H,14-15,17H2,(H,28,32). The first-order valence-corrected chi connectivity index (χ1v) is 10.7. The Hall–Kier alpha value is -3.90. The molecular weight excluding hydrogens is 400 g/mol. The number of benzene rings is 3. The van der Waals surface area contributed by atoms with E-state index in [4.69, 9.17) is 5.10 Å². The minimum Gasteiger partial charge on any atom is -0.508 e. The van der Waals surface area contributed by atoms with Crippen LogP contribution in [0.2, 0.25) is 0 Å². The van der Waals surface area contributed by atoms with Crippen LogP contribution >= 0.6 is 0 Å². The minimum absolute atomic E-state index is 0.128. The maximum absolute atomic E-state index is 12.8. The highest BCUT2D eigenvalue weighted by Gasteiger charge is 2.24. The molecule has 3 N–H and O–H groups in total. The quantitative estimate of drug-likeness (QED) is 0.438. The van der Waals surface area contributed by atoms with Crippen molar-refractivity contribution in [2.45, 2.75) is 18.9 Å². The summed E-state index contributed by atoms with van der Waals surface area (Å²) in [5, 5.41) is 21.1. The molecule has 5 rings (SSSR count). The van der Waals surface area contributed by atoms with Gasteiger partial charge in [0.2, 0.25) is 5.91 Å². The zero-order chi connectivity index (χ0) is 21.9. The fraction of sp³-hybridized carbons (Fsp3) is 0.154. The Kier molecular flexibility index (Phi) is 5.44. The van der Waals surface area contributed by atoms with E-state index in [1.807, 2.05) is 78.9 Å². The smallest absolute Gasteiger partial charge is 0.239 e. The summed E-state index contributed by atoms with van der Waals surface area (Å²) in [7, 11) is 0. The molecule has 0 aliphatic heterocycles. The molecule has 6 heteroatoms. The van der Waals surface area contributed by atoms with Gasteiger partial charge in [0.1, 0.15) is 11.6 Å².